The molecule has 0 saturated carbocycles. The highest BCUT2D eigenvalue weighted by Crippen LogP contribution is 2.21. The van der Waals surface area contributed by atoms with Crippen molar-refractivity contribution in [1.29, 1.82) is 5.26 Å². The largest absolute Gasteiger partial charge is 0.482 e. The summed E-state index contributed by atoms with van der Waals surface area (Å²) in [6.07, 6.45) is 3.35. The maximum atomic E-state index is 11.9. The highest BCUT2D eigenvalue weighted by atomic mass is 32.1. The number of para-hydroxylation sites is 1. The van der Waals surface area contributed by atoms with E-state index in [-0.39, 0.29) is 6.61 Å². The fraction of sp³-hybridized carbons (Fsp3) is 0.158. The number of hydrazone groups is 1. The summed E-state index contributed by atoms with van der Waals surface area (Å²) in [4.78, 5) is 16.2. The summed E-state index contributed by atoms with van der Waals surface area (Å²) in [5, 5.41) is 15.8. The maximum Gasteiger partial charge on any atom is 0.277 e. The Morgan fingerprint density at radius 3 is 3.00 bits per heavy atom. The summed E-state index contributed by atoms with van der Waals surface area (Å²) in [5.74, 6) is -0.0427. The molecule has 0 atom stereocenters. The van der Waals surface area contributed by atoms with Gasteiger partial charge >= 0.3 is 0 Å². The van der Waals surface area contributed by atoms with E-state index in [0.717, 1.165) is 22.1 Å². The first-order chi connectivity index (χ1) is 13.1. The van der Waals surface area contributed by atoms with Crippen LogP contribution in [0.1, 0.15) is 22.5 Å². The number of carbonyl (C=O) groups is 1. The molecule has 0 saturated heterocycles. The zero-order valence-corrected chi connectivity index (χ0v) is 15.7. The van der Waals surface area contributed by atoms with Gasteiger partial charge in [0, 0.05) is 28.5 Å². The van der Waals surface area contributed by atoms with Crippen LogP contribution in [0.2, 0.25) is 0 Å². The first kappa shape index (κ1) is 18.4. The molecule has 0 aliphatic carbocycles. The highest BCUT2D eigenvalue weighted by molar-refractivity contribution is 7.12. The molecule has 3 aromatic rings. The Labute approximate surface area is 160 Å². The number of carbonyl (C=O) groups excluding carboxylic acids is 1. The molecular weight excluding hydrogens is 362 g/mol. The zero-order valence-electron chi connectivity index (χ0n) is 14.8. The second-order valence-electron chi connectivity index (χ2n) is 5.67. The van der Waals surface area contributed by atoms with Crippen molar-refractivity contribution in [3.05, 3.63) is 64.4 Å². The molecular formula is C19H17N5O2S. The molecule has 0 unspecified atom stereocenters. The standard InChI is InChI=1S/C19H17N5O2S/c1-13-9-16(14(2)24(13)19-21-7-8-27-19)11-22-23-18(25)12-26-17-6-4-3-5-15(17)10-20/h3-9,11H,12H2,1-2H3,(H,23,25)/b22-11-. The quantitative estimate of drug-likeness (QED) is 0.526. The number of nitriles is 1. The second kappa shape index (κ2) is 8.29. The number of aromatic nitrogens is 2. The van der Waals surface area contributed by atoms with Gasteiger partial charge in [-0.05, 0) is 32.0 Å². The van der Waals surface area contributed by atoms with E-state index in [1.165, 1.54) is 0 Å². The van der Waals surface area contributed by atoms with E-state index in [4.69, 9.17) is 10.00 Å². The number of hydrogen-bond acceptors (Lipinski definition) is 6. The lowest BCUT2D eigenvalue weighted by molar-refractivity contribution is -0.123. The van der Waals surface area contributed by atoms with Crippen LogP contribution in [0.5, 0.6) is 5.75 Å². The molecule has 0 radical (unpaired) electrons. The van der Waals surface area contributed by atoms with Gasteiger partial charge < -0.3 is 4.74 Å². The third-order valence-corrected chi connectivity index (χ3v) is 4.60. The van der Waals surface area contributed by atoms with Gasteiger partial charge in [0.15, 0.2) is 11.7 Å². The van der Waals surface area contributed by atoms with E-state index in [9.17, 15) is 4.79 Å². The number of nitrogens with one attached hydrogen (secondary N) is 1. The monoisotopic (exact) mass is 379 g/mol. The van der Waals surface area contributed by atoms with Gasteiger partial charge in [-0.15, -0.1) is 11.3 Å². The van der Waals surface area contributed by atoms with Crippen molar-refractivity contribution < 1.29 is 9.53 Å². The van der Waals surface area contributed by atoms with Gasteiger partial charge in [-0.3, -0.25) is 9.36 Å². The molecule has 7 nitrogen and oxygen atoms in total. The van der Waals surface area contributed by atoms with Crippen molar-refractivity contribution in [2.75, 3.05) is 6.61 Å². The van der Waals surface area contributed by atoms with E-state index >= 15 is 0 Å². The minimum atomic E-state index is -0.410. The van der Waals surface area contributed by atoms with Gasteiger partial charge in [0.1, 0.15) is 11.8 Å². The summed E-state index contributed by atoms with van der Waals surface area (Å²) in [6, 6.07) is 10.7. The SMILES string of the molecule is Cc1cc(/C=N\NC(=O)COc2ccccc2C#N)c(C)n1-c1nccs1. The molecule has 0 aliphatic rings. The summed E-state index contributed by atoms with van der Waals surface area (Å²) in [7, 11) is 0. The van der Waals surface area contributed by atoms with Crippen LogP contribution >= 0.6 is 11.3 Å². The van der Waals surface area contributed by atoms with E-state index in [2.05, 4.69) is 15.5 Å². The van der Waals surface area contributed by atoms with Crippen molar-refractivity contribution in [3.63, 3.8) is 0 Å². The Bertz CT molecular complexity index is 1020. The Balaban J connectivity index is 1.60. The van der Waals surface area contributed by atoms with Crippen LogP contribution in [0.25, 0.3) is 5.13 Å². The van der Waals surface area contributed by atoms with Crippen molar-refractivity contribution >= 4 is 23.5 Å². The minimum absolute atomic E-state index is 0.228. The third-order valence-electron chi connectivity index (χ3n) is 3.84. The lowest BCUT2D eigenvalue weighted by atomic mass is 10.2. The Morgan fingerprint density at radius 2 is 2.26 bits per heavy atom. The number of rotatable bonds is 6. The van der Waals surface area contributed by atoms with Gasteiger partial charge in [-0.25, -0.2) is 10.4 Å². The van der Waals surface area contributed by atoms with Gasteiger partial charge in [-0.1, -0.05) is 12.1 Å². The number of amides is 1. The maximum absolute atomic E-state index is 11.9. The first-order valence-corrected chi connectivity index (χ1v) is 9.00. The molecule has 0 spiro atoms. The number of nitrogens with zero attached hydrogens (tertiary/aromatic N) is 4. The van der Waals surface area contributed by atoms with Crippen LogP contribution < -0.4 is 10.2 Å². The van der Waals surface area contributed by atoms with E-state index in [1.54, 1.807) is 48.0 Å². The molecule has 0 bridgehead atoms. The minimum Gasteiger partial charge on any atom is -0.482 e. The molecule has 0 aliphatic heterocycles. The highest BCUT2D eigenvalue weighted by Gasteiger charge is 2.11. The molecule has 2 aromatic heterocycles. The van der Waals surface area contributed by atoms with Crippen LogP contribution in [-0.2, 0) is 4.79 Å². The predicted octanol–water partition coefficient (Wildman–Crippen LogP) is 2.95. The van der Waals surface area contributed by atoms with Crippen LogP contribution in [0, 0.1) is 25.2 Å². The van der Waals surface area contributed by atoms with Gasteiger partial charge in [-0.2, -0.15) is 10.4 Å². The average molecular weight is 379 g/mol. The third kappa shape index (κ3) is 4.22. The smallest absolute Gasteiger partial charge is 0.277 e. The molecule has 0 fully saturated rings. The molecule has 1 N–H and O–H groups in total. The second-order valence-corrected chi connectivity index (χ2v) is 6.54. The predicted molar refractivity (Wildman–Crippen MR) is 103 cm³/mol. The van der Waals surface area contributed by atoms with Crippen molar-refractivity contribution in [2.24, 2.45) is 5.10 Å². The lowest BCUT2D eigenvalue weighted by Gasteiger charge is -2.06. The van der Waals surface area contributed by atoms with E-state index in [0.29, 0.717) is 11.3 Å². The normalized spacial score (nSPS) is 10.7. The fourth-order valence-corrected chi connectivity index (χ4v) is 3.32. The van der Waals surface area contributed by atoms with E-state index < -0.39 is 5.91 Å². The summed E-state index contributed by atoms with van der Waals surface area (Å²) in [6.45, 7) is 3.73. The van der Waals surface area contributed by atoms with Crippen molar-refractivity contribution in [2.45, 2.75) is 13.8 Å². The molecule has 27 heavy (non-hydrogen) atoms. The Hall–Kier alpha value is -3.44. The topological polar surface area (TPSA) is 92.3 Å². The van der Waals surface area contributed by atoms with Crippen LogP contribution in [0.15, 0.2) is 47.0 Å². The summed E-state index contributed by atoms with van der Waals surface area (Å²) < 4.78 is 7.41. The van der Waals surface area contributed by atoms with Gasteiger partial charge in [0.2, 0.25) is 0 Å². The number of aryl methyl sites for hydroxylation is 1. The molecule has 3 rings (SSSR count). The van der Waals surface area contributed by atoms with Crippen LogP contribution in [0.3, 0.4) is 0 Å². The number of benzene rings is 1. The van der Waals surface area contributed by atoms with Crippen molar-refractivity contribution in [3.8, 4) is 17.0 Å². The van der Waals surface area contributed by atoms with Crippen LogP contribution in [0.4, 0.5) is 0 Å². The van der Waals surface area contributed by atoms with Crippen molar-refractivity contribution in [1.82, 2.24) is 15.0 Å². The number of hydrogen-bond donors (Lipinski definition) is 1. The van der Waals surface area contributed by atoms with Crippen LogP contribution in [-0.4, -0.2) is 28.3 Å². The molecule has 8 heteroatoms. The zero-order chi connectivity index (χ0) is 19.2. The fourth-order valence-electron chi connectivity index (χ4n) is 2.57. The lowest BCUT2D eigenvalue weighted by Crippen LogP contribution is -2.24. The number of ether oxygens (including phenoxy) is 1. The average Bonchev–Trinajstić information content (AvgIpc) is 3.28. The first-order valence-electron chi connectivity index (χ1n) is 8.13. The molecule has 2 heterocycles. The molecule has 1 amide bonds. The number of thiazole rings is 1. The van der Waals surface area contributed by atoms with Gasteiger partial charge in [0.05, 0.1) is 11.8 Å². The summed E-state index contributed by atoms with van der Waals surface area (Å²) >= 11 is 1.55. The summed E-state index contributed by atoms with van der Waals surface area (Å²) in [5.41, 5.74) is 5.72. The van der Waals surface area contributed by atoms with E-state index in [1.807, 2.05) is 35.9 Å². The Morgan fingerprint density at radius 1 is 1.44 bits per heavy atom. The molecule has 1 aromatic carbocycles. The van der Waals surface area contributed by atoms with Gasteiger partial charge in [0.25, 0.3) is 5.91 Å². The Kier molecular flexibility index (Phi) is 5.64. The molecule has 136 valence electrons.